The highest BCUT2D eigenvalue weighted by Gasteiger charge is 2.25. The van der Waals surface area contributed by atoms with E-state index >= 15 is 0 Å². The summed E-state index contributed by atoms with van der Waals surface area (Å²) in [5, 5.41) is 4.53. The summed E-state index contributed by atoms with van der Waals surface area (Å²) in [6.07, 6.45) is 3.30. The number of morpholine rings is 1. The molecule has 0 amide bonds. The molecule has 0 N–H and O–H groups in total. The Morgan fingerprint density at radius 1 is 1.11 bits per heavy atom. The van der Waals surface area contributed by atoms with Crippen molar-refractivity contribution >= 4 is 28.3 Å². The monoisotopic (exact) mass is 512 g/mol. The molecule has 0 spiro atoms. The predicted molar refractivity (Wildman–Crippen MR) is 135 cm³/mol. The molecule has 1 aromatic carbocycles. The van der Waals surface area contributed by atoms with Crippen molar-refractivity contribution in [1.82, 2.24) is 24.3 Å². The zero-order chi connectivity index (χ0) is 25.2. The summed E-state index contributed by atoms with van der Waals surface area (Å²) in [6.45, 7) is 5.16. The van der Waals surface area contributed by atoms with E-state index in [0.717, 1.165) is 0 Å². The Hall–Kier alpha value is -3.34. The lowest BCUT2D eigenvalue weighted by molar-refractivity contribution is 0.0269. The van der Waals surface area contributed by atoms with Crippen molar-refractivity contribution in [2.45, 2.75) is 19.6 Å². The first-order valence-electron chi connectivity index (χ1n) is 11.7. The van der Waals surface area contributed by atoms with Gasteiger partial charge in [0.15, 0.2) is 0 Å². The molecular formula is C25H26ClFN6O3. The van der Waals surface area contributed by atoms with Crippen molar-refractivity contribution < 1.29 is 13.9 Å². The van der Waals surface area contributed by atoms with Gasteiger partial charge in [0.1, 0.15) is 34.8 Å². The van der Waals surface area contributed by atoms with Gasteiger partial charge in [0.2, 0.25) is 0 Å². The van der Waals surface area contributed by atoms with Crippen LogP contribution in [0.4, 0.5) is 10.2 Å². The number of hydrogen-bond donors (Lipinski definition) is 0. The van der Waals surface area contributed by atoms with Crippen LogP contribution in [-0.4, -0.2) is 57.2 Å². The van der Waals surface area contributed by atoms with Crippen molar-refractivity contribution in [3.05, 3.63) is 69.7 Å². The van der Waals surface area contributed by atoms with Crippen LogP contribution < -0.4 is 10.5 Å². The average molecular weight is 513 g/mol. The lowest BCUT2D eigenvalue weighted by Crippen LogP contribution is -2.37. The van der Waals surface area contributed by atoms with Crippen molar-refractivity contribution in [3.8, 4) is 11.3 Å². The Balaban J connectivity index is 0.000000391. The van der Waals surface area contributed by atoms with Gasteiger partial charge in [0.25, 0.3) is 5.56 Å². The molecule has 1 unspecified atom stereocenters. The van der Waals surface area contributed by atoms with Crippen LogP contribution in [0.2, 0.25) is 5.02 Å². The second-order valence-electron chi connectivity index (χ2n) is 8.57. The average Bonchev–Trinajstić information content (AvgIpc) is 3.36. The van der Waals surface area contributed by atoms with Crippen LogP contribution in [-0.2, 0) is 23.1 Å². The first-order chi connectivity index (χ1) is 17.4. The van der Waals surface area contributed by atoms with E-state index in [9.17, 15) is 9.18 Å². The molecular weight excluding hydrogens is 487 g/mol. The molecule has 1 fully saturated rings. The first-order valence-corrected chi connectivity index (χ1v) is 12.1. The van der Waals surface area contributed by atoms with Gasteiger partial charge in [-0.05, 0) is 37.3 Å². The van der Waals surface area contributed by atoms with Gasteiger partial charge in [-0.3, -0.25) is 14.0 Å². The number of nitrogens with zero attached hydrogens (tertiary/aromatic N) is 6. The standard InChI is InChI=1S/C21H20ClFN4O3.C4H6N2/c1-12-20-25-19-15(21(28)27(20)6-9-30-12)11-17(26-4-7-29-8-5-26)24-18(19)14-3-2-13(22)10-16(14)23;1-6-4-2-3-5-6/h2-3,10-12H,4-9H2,1H3;2-4H,1H3. The number of ether oxygens (including phenoxy) is 2. The molecule has 0 aliphatic carbocycles. The highest BCUT2D eigenvalue weighted by atomic mass is 35.5. The lowest BCUT2D eigenvalue weighted by Gasteiger charge is -2.29. The fourth-order valence-corrected chi connectivity index (χ4v) is 4.47. The minimum absolute atomic E-state index is 0.169. The molecule has 3 aromatic heterocycles. The minimum atomic E-state index is -0.514. The van der Waals surface area contributed by atoms with Crippen LogP contribution >= 0.6 is 11.6 Å². The molecule has 6 rings (SSSR count). The Labute approximate surface area is 212 Å². The maximum Gasteiger partial charge on any atom is 0.261 e. The number of anilines is 1. The number of halogens is 2. The predicted octanol–water partition coefficient (Wildman–Crippen LogP) is 3.60. The number of hydrogen-bond acceptors (Lipinski definition) is 7. The molecule has 11 heteroatoms. The van der Waals surface area contributed by atoms with E-state index in [1.54, 1.807) is 33.6 Å². The molecule has 0 radical (unpaired) electrons. The molecule has 0 saturated carbocycles. The van der Waals surface area contributed by atoms with Crippen molar-refractivity contribution in [1.29, 1.82) is 0 Å². The van der Waals surface area contributed by atoms with Gasteiger partial charge < -0.3 is 14.4 Å². The number of fused-ring (bicyclic) bond motifs is 2. The maximum atomic E-state index is 14.9. The third-order valence-corrected chi connectivity index (χ3v) is 6.40. The van der Waals surface area contributed by atoms with Crippen LogP contribution in [0.25, 0.3) is 22.2 Å². The maximum absolute atomic E-state index is 14.9. The smallest absolute Gasteiger partial charge is 0.261 e. The van der Waals surface area contributed by atoms with E-state index in [1.165, 1.54) is 6.07 Å². The SMILES string of the molecule is CC1OCCn2c1nc1c(-c3ccc(Cl)cc3F)nc(N3CCOCC3)cc1c2=O.Cn1cccn1. The summed E-state index contributed by atoms with van der Waals surface area (Å²) >= 11 is 5.95. The number of aromatic nitrogens is 5. The largest absolute Gasteiger partial charge is 0.378 e. The molecule has 9 nitrogen and oxygen atoms in total. The van der Waals surface area contributed by atoms with E-state index in [1.807, 2.05) is 31.1 Å². The third-order valence-electron chi connectivity index (χ3n) is 6.16. The van der Waals surface area contributed by atoms with Crippen LogP contribution in [0.1, 0.15) is 18.9 Å². The van der Waals surface area contributed by atoms with E-state index < -0.39 is 5.82 Å². The van der Waals surface area contributed by atoms with Crippen molar-refractivity contribution in [2.24, 2.45) is 7.05 Å². The van der Waals surface area contributed by atoms with Crippen LogP contribution in [0.3, 0.4) is 0 Å². The highest BCUT2D eigenvalue weighted by molar-refractivity contribution is 6.30. The zero-order valence-electron chi connectivity index (χ0n) is 20.0. The summed E-state index contributed by atoms with van der Waals surface area (Å²) in [5.41, 5.74) is 0.765. The molecule has 188 valence electrons. The van der Waals surface area contributed by atoms with Gasteiger partial charge >= 0.3 is 0 Å². The molecule has 36 heavy (non-hydrogen) atoms. The van der Waals surface area contributed by atoms with Crippen molar-refractivity contribution in [2.75, 3.05) is 37.8 Å². The Bertz CT molecular complexity index is 1440. The van der Waals surface area contributed by atoms with Gasteiger partial charge in [-0.25, -0.2) is 14.4 Å². The topological polar surface area (TPSA) is 87.3 Å². The second-order valence-corrected chi connectivity index (χ2v) is 9.00. The molecule has 2 aliphatic heterocycles. The summed E-state index contributed by atoms with van der Waals surface area (Å²) < 4.78 is 29.3. The van der Waals surface area contributed by atoms with E-state index in [4.69, 9.17) is 31.0 Å². The summed E-state index contributed by atoms with van der Waals surface area (Å²) in [7, 11) is 1.89. The van der Waals surface area contributed by atoms with Gasteiger partial charge in [-0.2, -0.15) is 5.10 Å². The van der Waals surface area contributed by atoms with E-state index in [-0.39, 0.29) is 22.2 Å². The molecule has 4 aromatic rings. The molecule has 0 bridgehead atoms. The minimum Gasteiger partial charge on any atom is -0.378 e. The van der Waals surface area contributed by atoms with Crippen LogP contribution in [0.5, 0.6) is 0 Å². The third kappa shape index (κ3) is 4.84. The molecule has 5 heterocycles. The van der Waals surface area contributed by atoms with Gasteiger partial charge in [-0.1, -0.05) is 11.6 Å². The van der Waals surface area contributed by atoms with E-state index in [2.05, 4.69) is 5.10 Å². The van der Waals surface area contributed by atoms with Crippen molar-refractivity contribution in [3.63, 3.8) is 0 Å². The Morgan fingerprint density at radius 2 is 1.92 bits per heavy atom. The summed E-state index contributed by atoms with van der Waals surface area (Å²) in [5.74, 6) is 0.615. The highest BCUT2D eigenvalue weighted by Crippen LogP contribution is 2.32. The summed E-state index contributed by atoms with van der Waals surface area (Å²) in [6, 6.07) is 8.05. The molecule has 1 saturated heterocycles. The molecule has 1 atom stereocenters. The van der Waals surface area contributed by atoms with Crippen LogP contribution in [0, 0.1) is 5.82 Å². The van der Waals surface area contributed by atoms with Gasteiger partial charge in [0, 0.05) is 43.1 Å². The quantitative estimate of drug-likeness (QED) is 0.405. The summed E-state index contributed by atoms with van der Waals surface area (Å²) in [4.78, 5) is 24.8. The Morgan fingerprint density at radius 3 is 2.58 bits per heavy atom. The number of benzene rings is 1. The lowest BCUT2D eigenvalue weighted by atomic mass is 10.1. The number of pyridine rings is 1. The number of rotatable bonds is 2. The molecule has 2 aliphatic rings. The fraction of sp³-hybridized carbons (Fsp3) is 0.360. The second kappa shape index (κ2) is 10.3. The zero-order valence-corrected chi connectivity index (χ0v) is 20.8. The van der Waals surface area contributed by atoms with Gasteiger partial charge in [0.05, 0.1) is 31.8 Å². The fourth-order valence-electron chi connectivity index (χ4n) is 4.32. The van der Waals surface area contributed by atoms with E-state index in [0.29, 0.717) is 67.7 Å². The van der Waals surface area contributed by atoms with Crippen LogP contribution in [0.15, 0.2) is 47.5 Å². The first kappa shape index (κ1) is 24.4. The Kier molecular flexibility index (Phi) is 6.99. The normalized spacial score (nSPS) is 17.4. The number of aryl methyl sites for hydroxylation is 1. The van der Waals surface area contributed by atoms with Gasteiger partial charge in [-0.15, -0.1) is 0 Å².